The summed E-state index contributed by atoms with van der Waals surface area (Å²) in [5, 5.41) is 2.59. The maximum atomic E-state index is 11.6. The summed E-state index contributed by atoms with van der Waals surface area (Å²) in [6, 6.07) is 8.85. The lowest BCUT2D eigenvalue weighted by atomic mass is 10.2. The average molecular weight is 234 g/mol. The molecule has 0 saturated carbocycles. The molecule has 1 aromatic carbocycles. The predicted molar refractivity (Wildman–Crippen MR) is 61.2 cm³/mol. The third kappa shape index (κ3) is 2.55. The molecule has 1 aliphatic rings. The predicted octanol–water partition coefficient (Wildman–Crippen LogP) is 0.753. The second-order valence-corrected chi connectivity index (χ2v) is 3.89. The first-order chi connectivity index (χ1) is 8.20. The number of amides is 2. The molecule has 1 fully saturated rings. The van der Waals surface area contributed by atoms with Gasteiger partial charge in [-0.15, -0.1) is 0 Å². The molecule has 2 rings (SSSR count). The topological polar surface area (TPSA) is 58.6 Å². The van der Waals surface area contributed by atoms with Gasteiger partial charge in [0.05, 0.1) is 13.7 Å². The molecular weight excluding hydrogens is 220 g/mol. The van der Waals surface area contributed by atoms with Gasteiger partial charge in [0.2, 0.25) is 0 Å². The van der Waals surface area contributed by atoms with Gasteiger partial charge >= 0.3 is 12.0 Å². The molecule has 0 unspecified atom stereocenters. The van der Waals surface area contributed by atoms with Crippen molar-refractivity contribution in [3.63, 3.8) is 0 Å². The molecule has 1 aliphatic heterocycles. The van der Waals surface area contributed by atoms with E-state index in [0.717, 1.165) is 5.56 Å². The molecule has 0 aliphatic carbocycles. The monoisotopic (exact) mass is 234 g/mol. The molecule has 0 bridgehead atoms. The van der Waals surface area contributed by atoms with Gasteiger partial charge in [-0.3, -0.25) is 0 Å². The van der Waals surface area contributed by atoms with Crippen molar-refractivity contribution in [3.8, 4) is 0 Å². The molecular formula is C12H14N2O3. The highest BCUT2D eigenvalue weighted by molar-refractivity contribution is 5.87. The van der Waals surface area contributed by atoms with Crippen molar-refractivity contribution in [2.45, 2.75) is 12.6 Å². The van der Waals surface area contributed by atoms with Gasteiger partial charge in [-0.25, -0.2) is 9.59 Å². The van der Waals surface area contributed by atoms with Gasteiger partial charge in [-0.2, -0.15) is 0 Å². The fourth-order valence-electron chi connectivity index (χ4n) is 1.81. The lowest BCUT2D eigenvalue weighted by Crippen LogP contribution is -2.35. The van der Waals surface area contributed by atoms with Gasteiger partial charge in [0.1, 0.15) is 6.04 Å². The summed E-state index contributed by atoms with van der Waals surface area (Å²) in [6.07, 6.45) is 0. The van der Waals surface area contributed by atoms with Crippen LogP contribution in [0.3, 0.4) is 0 Å². The smallest absolute Gasteiger partial charge is 0.330 e. The van der Waals surface area contributed by atoms with Crippen molar-refractivity contribution in [1.82, 2.24) is 10.2 Å². The van der Waals surface area contributed by atoms with Crippen molar-refractivity contribution >= 4 is 12.0 Å². The van der Waals surface area contributed by atoms with Gasteiger partial charge < -0.3 is 15.0 Å². The first-order valence-corrected chi connectivity index (χ1v) is 5.38. The van der Waals surface area contributed by atoms with E-state index in [9.17, 15) is 9.59 Å². The Balaban J connectivity index is 1.99. The van der Waals surface area contributed by atoms with Crippen molar-refractivity contribution < 1.29 is 14.3 Å². The molecule has 1 aromatic rings. The quantitative estimate of drug-likeness (QED) is 0.785. The number of urea groups is 1. The van der Waals surface area contributed by atoms with Crippen LogP contribution in [0.4, 0.5) is 4.79 Å². The highest BCUT2D eigenvalue weighted by Crippen LogP contribution is 2.10. The Labute approximate surface area is 99.4 Å². The minimum Gasteiger partial charge on any atom is -0.467 e. The highest BCUT2D eigenvalue weighted by atomic mass is 16.5. The second kappa shape index (κ2) is 4.86. The van der Waals surface area contributed by atoms with E-state index in [1.165, 1.54) is 7.11 Å². The first kappa shape index (κ1) is 11.4. The maximum absolute atomic E-state index is 11.6. The van der Waals surface area contributed by atoms with Crippen LogP contribution < -0.4 is 5.32 Å². The van der Waals surface area contributed by atoms with E-state index in [1.807, 2.05) is 30.3 Å². The lowest BCUT2D eigenvalue weighted by molar-refractivity contribution is -0.142. The van der Waals surface area contributed by atoms with Crippen molar-refractivity contribution in [2.75, 3.05) is 13.7 Å². The van der Waals surface area contributed by atoms with E-state index in [-0.39, 0.29) is 6.03 Å². The number of methoxy groups -OCH3 is 1. The van der Waals surface area contributed by atoms with Crippen LogP contribution >= 0.6 is 0 Å². The number of esters is 1. The van der Waals surface area contributed by atoms with Crippen LogP contribution in [0.5, 0.6) is 0 Å². The van der Waals surface area contributed by atoms with Crippen LogP contribution in [0.25, 0.3) is 0 Å². The molecule has 90 valence electrons. The number of benzene rings is 1. The van der Waals surface area contributed by atoms with E-state index in [1.54, 1.807) is 4.90 Å². The Kier molecular flexibility index (Phi) is 3.27. The Bertz CT molecular complexity index is 419. The van der Waals surface area contributed by atoms with Crippen molar-refractivity contribution in [1.29, 1.82) is 0 Å². The minimum absolute atomic E-state index is 0.232. The summed E-state index contributed by atoms with van der Waals surface area (Å²) in [5.41, 5.74) is 1.04. The van der Waals surface area contributed by atoms with Crippen LogP contribution in [0.1, 0.15) is 5.56 Å². The van der Waals surface area contributed by atoms with Gasteiger partial charge in [-0.1, -0.05) is 30.3 Å². The van der Waals surface area contributed by atoms with Crippen molar-refractivity contribution in [2.24, 2.45) is 0 Å². The number of hydrogen-bond donors (Lipinski definition) is 1. The number of nitrogens with zero attached hydrogens (tertiary/aromatic N) is 1. The molecule has 2 amide bonds. The van der Waals surface area contributed by atoms with Crippen LogP contribution in [0, 0.1) is 0 Å². The second-order valence-electron chi connectivity index (χ2n) is 3.89. The Morgan fingerprint density at radius 3 is 2.82 bits per heavy atom. The van der Waals surface area contributed by atoms with Gasteiger partial charge in [0.15, 0.2) is 0 Å². The fourth-order valence-corrected chi connectivity index (χ4v) is 1.81. The summed E-state index contributed by atoms with van der Waals surface area (Å²) in [6.45, 7) is 0.848. The fraction of sp³-hybridized carbons (Fsp3) is 0.333. The molecule has 0 spiro atoms. The van der Waals surface area contributed by atoms with Crippen LogP contribution in [0.2, 0.25) is 0 Å². The van der Waals surface area contributed by atoms with E-state index >= 15 is 0 Å². The van der Waals surface area contributed by atoms with Gasteiger partial charge in [-0.05, 0) is 5.56 Å². The number of hydrogen-bond acceptors (Lipinski definition) is 3. The SMILES string of the molecule is COC(=O)[C@@H]1CN(Cc2ccccc2)C(=O)N1. The maximum Gasteiger partial charge on any atom is 0.330 e. The normalized spacial score (nSPS) is 19.0. The summed E-state index contributed by atoms with van der Waals surface area (Å²) in [7, 11) is 1.31. The lowest BCUT2D eigenvalue weighted by Gasteiger charge is -2.14. The Morgan fingerprint density at radius 2 is 2.18 bits per heavy atom. The zero-order chi connectivity index (χ0) is 12.3. The van der Waals surface area contributed by atoms with E-state index in [4.69, 9.17) is 0 Å². The molecule has 17 heavy (non-hydrogen) atoms. The van der Waals surface area contributed by atoms with Crippen LogP contribution in [-0.4, -0.2) is 36.6 Å². The highest BCUT2D eigenvalue weighted by Gasteiger charge is 2.33. The number of rotatable bonds is 3. The molecule has 5 heteroatoms. The molecule has 1 N–H and O–H groups in total. The number of carbonyl (C=O) groups is 2. The molecule has 1 atom stereocenters. The summed E-state index contributed by atoms with van der Waals surface area (Å²) in [4.78, 5) is 24.5. The van der Waals surface area contributed by atoms with Gasteiger partial charge in [0, 0.05) is 6.54 Å². The number of nitrogens with one attached hydrogen (secondary N) is 1. The van der Waals surface area contributed by atoms with Gasteiger partial charge in [0.25, 0.3) is 0 Å². The first-order valence-electron chi connectivity index (χ1n) is 5.38. The zero-order valence-electron chi connectivity index (χ0n) is 9.55. The van der Waals surface area contributed by atoms with Crippen LogP contribution in [-0.2, 0) is 16.1 Å². The number of carbonyl (C=O) groups excluding carboxylic acids is 2. The third-order valence-electron chi connectivity index (χ3n) is 2.69. The van der Waals surface area contributed by atoms with Crippen molar-refractivity contribution in [3.05, 3.63) is 35.9 Å². The minimum atomic E-state index is -0.559. The average Bonchev–Trinajstić information content (AvgIpc) is 2.71. The van der Waals surface area contributed by atoms with E-state index in [0.29, 0.717) is 13.1 Å². The molecule has 5 nitrogen and oxygen atoms in total. The summed E-state index contributed by atoms with van der Waals surface area (Å²) < 4.78 is 4.60. The Hall–Kier alpha value is -2.04. The molecule has 0 aromatic heterocycles. The molecule has 0 radical (unpaired) electrons. The summed E-state index contributed by atoms with van der Waals surface area (Å²) >= 11 is 0. The van der Waals surface area contributed by atoms with E-state index < -0.39 is 12.0 Å². The van der Waals surface area contributed by atoms with E-state index in [2.05, 4.69) is 10.1 Å². The summed E-state index contributed by atoms with van der Waals surface area (Å²) in [5.74, 6) is -0.408. The third-order valence-corrected chi connectivity index (χ3v) is 2.69. The largest absolute Gasteiger partial charge is 0.467 e. The Morgan fingerprint density at radius 1 is 1.47 bits per heavy atom. The molecule has 1 saturated heterocycles. The number of ether oxygens (including phenoxy) is 1. The molecule has 1 heterocycles. The standard InChI is InChI=1S/C12H14N2O3/c1-17-11(15)10-8-14(12(16)13-10)7-9-5-3-2-4-6-9/h2-6,10H,7-8H2,1H3,(H,13,16)/t10-/m0/s1. The van der Waals surface area contributed by atoms with Crippen LogP contribution in [0.15, 0.2) is 30.3 Å². The zero-order valence-corrected chi connectivity index (χ0v) is 9.55.